The molecular weight excluding hydrogens is 483 g/mol. The number of nitrogens with one attached hydrogen (secondary N) is 1. The second kappa shape index (κ2) is 8.87. The van der Waals surface area contributed by atoms with E-state index in [0.29, 0.717) is 11.1 Å². The van der Waals surface area contributed by atoms with E-state index < -0.39 is 32.3 Å². The molecule has 0 aromatic heterocycles. The fraction of sp³-hybridized carbons (Fsp3) is 0. The number of fused-ring (bicyclic) bond motifs is 1. The second-order valence-corrected chi connectivity index (χ2v) is 7.19. The molecule has 1 aliphatic carbocycles. The van der Waals surface area contributed by atoms with Crippen LogP contribution in [0.2, 0.25) is 5.02 Å². The van der Waals surface area contributed by atoms with Crippen molar-refractivity contribution >= 4 is 96.4 Å². The predicted molar refractivity (Wildman–Crippen MR) is 99.8 cm³/mol. The third kappa shape index (κ3) is 4.71. The number of nitrogens with zero attached hydrogens (tertiary/aromatic N) is 1. The minimum absolute atomic E-state index is 0. The van der Waals surface area contributed by atoms with Crippen LogP contribution in [0.3, 0.4) is 0 Å². The van der Waals surface area contributed by atoms with Crippen molar-refractivity contribution in [3.8, 4) is 0 Å². The fourth-order valence-corrected chi connectivity index (χ4v) is 3.44. The third-order valence-corrected chi connectivity index (χ3v) is 5.01. The van der Waals surface area contributed by atoms with Gasteiger partial charge in [-0.3, -0.25) is 10.2 Å². The Kier molecular flexibility index (Phi) is 7.21. The van der Waals surface area contributed by atoms with Crippen molar-refractivity contribution in [1.82, 2.24) is 0 Å². The number of carboxylic acid groups (broad SMARTS) is 1. The Morgan fingerprint density at radius 1 is 1.14 bits per heavy atom. The van der Waals surface area contributed by atoms with Gasteiger partial charge in [-0.2, -0.15) is 5.10 Å². The summed E-state index contributed by atoms with van der Waals surface area (Å²) in [6.45, 7) is 0. The first-order valence-electron chi connectivity index (χ1n) is 7.35. The first-order valence-corrected chi connectivity index (χ1v) is 9.13. The van der Waals surface area contributed by atoms with Crippen LogP contribution in [-0.4, -0.2) is 75.9 Å². The number of rotatable bonds is 4. The van der Waals surface area contributed by atoms with E-state index >= 15 is 0 Å². The van der Waals surface area contributed by atoms with Gasteiger partial charge in [-0.25, -0.2) is 8.42 Å². The molecule has 3 rings (SSSR count). The van der Waals surface area contributed by atoms with Gasteiger partial charge >= 0.3 is 45.5 Å². The van der Waals surface area contributed by atoms with Gasteiger partial charge in [0.05, 0.1) is 21.6 Å². The van der Waals surface area contributed by atoms with Gasteiger partial charge in [0.25, 0.3) is 0 Å². The van der Waals surface area contributed by atoms with Crippen molar-refractivity contribution in [2.24, 2.45) is 5.10 Å². The summed E-state index contributed by atoms with van der Waals surface area (Å²) in [6, 6.07) is 9.96. The van der Waals surface area contributed by atoms with Gasteiger partial charge in [0, 0.05) is 11.1 Å². The molecule has 0 spiro atoms. The average molecular weight is 492 g/mol. The summed E-state index contributed by atoms with van der Waals surface area (Å²) in [6.07, 6.45) is 1.19. The number of ketones is 1. The molecule has 0 unspecified atom stereocenters. The van der Waals surface area contributed by atoms with Gasteiger partial charge in [0.2, 0.25) is 5.78 Å². The molecule has 2 aromatic carbocycles. The molecule has 11 heteroatoms. The molecule has 0 heterocycles. The topological polar surface area (TPSA) is 139 Å². The summed E-state index contributed by atoms with van der Waals surface area (Å²) in [7, 11) is -4.81. The second-order valence-electron chi connectivity index (χ2n) is 5.43. The summed E-state index contributed by atoms with van der Waals surface area (Å²) < 4.78 is 33.6. The maximum absolute atomic E-state index is 12.4. The first kappa shape index (κ1) is 22.8. The quantitative estimate of drug-likeness (QED) is 0.282. The van der Waals surface area contributed by atoms with Crippen LogP contribution in [0.15, 0.2) is 58.0 Å². The SMILES string of the molecule is O=C([O-])C1=Cc2ccccc2/C(=N\Nc2ccc(Cl)c(S(=O)(=O)[O-])c2)C1=O.[Sr+2]. The Morgan fingerprint density at radius 2 is 1.82 bits per heavy atom. The van der Waals surface area contributed by atoms with Gasteiger partial charge in [0.15, 0.2) is 0 Å². The summed E-state index contributed by atoms with van der Waals surface area (Å²) in [5.74, 6) is -2.51. The van der Waals surface area contributed by atoms with Gasteiger partial charge in [0.1, 0.15) is 15.8 Å². The number of hydrazone groups is 1. The number of benzene rings is 2. The minimum Gasteiger partial charge on any atom is -0.744 e. The molecule has 0 amide bonds. The van der Waals surface area contributed by atoms with E-state index in [2.05, 4.69) is 10.5 Å². The molecule has 0 bridgehead atoms. The van der Waals surface area contributed by atoms with Crippen LogP contribution < -0.4 is 10.5 Å². The number of hydrogen-bond acceptors (Lipinski definition) is 8. The van der Waals surface area contributed by atoms with Crippen LogP contribution in [0, 0.1) is 0 Å². The first-order chi connectivity index (χ1) is 12.7. The van der Waals surface area contributed by atoms with Crippen LogP contribution in [0.1, 0.15) is 11.1 Å². The molecule has 0 aliphatic heterocycles. The zero-order valence-corrected chi connectivity index (χ0v) is 19.1. The summed E-state index contributed by atoms with van der Waals surface area (Å²) in [5, 5.41) is 14.8. The van der Waals surface area contributed by atoms with E-state index in [0.717, 1.165) is 6.07 Å². The van der Waals surface area contributed by atoms with Gasteiger partial charge < -0.3 is 14.5 Å². The maximum atomic E-state index is 12.4. The Morgan fingerprint density at radius 3 is 2.46 bits per heavy atom. The molecule has 1 aliphatic rings. The van der Waals surface area contributed by atoms with E-state index in [9.17, 15) is 27.7 Å². The van der Waals surface area contributed by atoms with E-state index in [1.165, 1.54) is 18.2 Å². The van der Waals surface area contributed by atoms with E-state index in [4.69, 9.17) is 11.6 Å². The number of carbonyl (C=O) groups is 2. The molecule has 0 radical (unpaired) electrons. The monoisotopic (exact) mass is 492 g/mol. The molecule has 138 valence electrons. The van der Waals surface area contributed by atoms with Crippen LogP contribution >= 0.6 is 11.6 Å². The summed E-state index contributed by atoms with van der Waals surface area (Å²) in [5.41, 5.74) is 2.59. The molecule has 0 saturated heterocycles. The van der Waals surface area contributed by atoms with Crippen molar-refractivity contribution in [1.29, 1.82) is 0 Å². The summed E-state index contributed by atoms with van der Waals surface area (Å²) in [4.78, 5) is 22.9. The smallest absolute Gasteiger partial charge is 0.744 e. The average Bonchev–Trinajstić information content (AvgIpc) is 2.60. The number of hydrogen-bond donors (Lipinski definition) is 1. The largest absolute Gasteiger partial charge is 2.00 e. The Hall–Kier alpha value is -1.53. The van der Waals surface area contributed by atoms with Crippen LogP contribution in [0.5, 0.6) is 0 Å². The number of Topliss-reactive ketones (excluding diaryl/α,β-unsaturated/α-hetero) is 1. The summed E-state index contributed by atoms with van der Waals surface area (Å²) >= 11 is 5.70. The number of anilines is 1. The normalized spacial score (nSPS) is 14.7. The predicted octanol–water partition coefficient (Wildman–Crippen LogP) is 0.396. The maximum Gasteiger partial charge on any atom is 2.00 e. The number of halogens is 1. The van der Waals surface area contributed by atoms with Crippen molar-refractivity contribution in [2.45, 2.75) is 4.90 Å². The zero-order chi connectivity index (χ0) is 19.8. The number of carboxylic acids is 1. The molecule has 2 aromatic rings. The van der Waals surface area contributed by atoms with Crippen molar-refractivity contribution in [2.75, 3.05) is 5.43 Å². The molecule has 8 nitrogen and oxygen atoms in total. The third-order valence-electron chi connectivity index (χ3n) is 3.69. The molecule has 0 saturated carbocycles. The number of aliphatic carboxylic acids is 1. The Balaban J connectivity index is 0.00000280. The Bertz CT molecular complexity index is 1140. The van der Waals surface area contributed by atoms with Crippen molar-refractivity contribution in [3.05, 3.63) is 64.2 Å². The fourth-order valence-electron chi connectivity index (χ4n) is 2.46. The van der Waals surface area contributed by atoms with E-state index in [1.807, 2.05) is 0 Å². The Labute approximate surface area is 201 Å². The number of carbonyl (C=O) groups excluding carboxylic acids is 2. The molecule has 0 fully saturated rings. The van der Waals surface area contributed by atoms with Crippen LogP contribution in [-0.2, 0) is 19.7 Å². The zero-order valence-electron chi connectivity index (χ0n) is 14.0. The molecule has 0 atom stereocenters. The van der Waals surface area contributed by atoms with E-state index in [1.54, 1.807) is 24.3 Å². The molecular formula is C17H9ClN2O6SSr. The van der Waals surface area contributed by atoms with Gasteiger partial charge in [-0.05, 0) is 29.8 Å². The van der Waals surface area contributed by atoms with Crippen molar-refractivity contribution in [3.63, 3.8) is 0 Å². The van der Waals surface area contributed by atoms with Crippen LogP contribution in [0.25, 0.3) is 6.08 Å². The van der Waals surface area contributed by atoms with E-state index in [-0.39, 0.29) is 61.9 Å². The van der Waals surface area contributed by atoms with Gasteiger partial charge in [-0.1, -0.05) is 35.9 Å². The van der Waals surface area contributed by atoms with Crippen LogP contribution in [0.4, 0.5) is 5.69 Å². The van der Waals surface area contributed by atoms with Crippen molar-refractivity contribution < 1.29 is 27.7 Å². The molecule has 28 heavy (non-hydrogen) atoms. The standard InChI is InChI=1S/C17H11ClN2O6S.Sr/c18-13-6-5-10(8-14(13)27(24,25)26)19-20-15-11-4-2-1-3-9(11)7-12(16(15)21)17(22)23;/h1-8,19H,(H,22,23)(H,24,25,26);/q;+2/p-2/b20-15+;. The molecule has 1 N–H and O–H groups in total. The van der Waals surface area contributed by atoms with Gasteiger partial charge in [-0.15, -0.1) is 0 Å². The minimum atomic E-state index is -4.81.